The number of aliphatic hydroxyl groups is 1. The van der Waals surface area contributed by atoms with Crippen molar-refractivity contribution in [3.8, 4) is 0 Å². The second-order valence-electron chi connectivity index (χ2n) is 5.01. The van der Waals surface area contributed by atoms with Crippen molar-refractivity contribution in [2.24, 2.45) is 0 Å². The van der Waals surface area contributed by atoms with E-state index in [1.807, 2.05) is 19.0 Å². The molecule has 0 aliphatic heterocycles. The van der Waals surface area contributed by atoms with Crippen molar-refractivity contribution >= 4 is 0 Å². The Morgan fingerprint density at radius 2 is 1.80 bits per heavy atom. The Kier molecular flexibility index (Phi) is 6.22. The first kappa shape index (κ1) is 12.9. The zero-order valence-electron chi connectivity index (χ0n) is 10.2. The summed E-state index contributed by atoms with van der Waals surface area (Å²) in [6, 6.07) is 0.643. The lowest BCUT2D eigenvalue weighted by Crippen LogP contribution is -2.39. The molecular weight excluding hydrogens is 188 g/mol. The van der Waals surface area contributed by atoms with Gasteiger partial charge in [-0.05, 0) is 26.9 Å². The lowest BCUT2D eigenvalue weighted by Gasteiger charge is -2.21. The molecule has 0 amide bonds. The van der Waals surface area contributed by atoms with Gasteiger partial charge in [0.25, 0.3) is 0 Å². The number of aliphatic hydroxyl groups excluding tert-OH is 1. The molecule has 0 spiro atoms. The molecular formula is C12H26N2O. The molecule has 1 aliphatic carbocycles. The van der Waals surface area contributed by atoms with Gasteiger partial charge in [-0.3, -0.25) is 0 Å². The number of likely N-dealkylation sites (N-methyl/N-ethyl adjacent to an activating group) is 1. The fraction of sp³-hybridized carbons (Fsp3) is 1.00. The second-order valence-corrected chi connectivity index (χ2v) is 5.01. The molecule has 1 aliphatic rings. The highest BCUT2D eigenvalue weighted by atomic mass is 16.3. The van der Waals surface area contributed by atoms with Gasteiger partial charge < -0.3 is 15.3 Å². The van der Waals surface area contributed by atoms with Crippen molar-refractivity contribution in [1.29, 1.82) is 0 Å². The third-order valence-corrected chi connectivity index (χ3v) is 3.07. The summed E-state index contributed by atoms with van der Waals surface area (Å²) in [4.78, 5) is 2.03. The summed E-state index contributed by atoms with van der Waals surface area (Å²) in [5, 5.41) is 13.2. The summed E-state index contributed by atoms with van der Waals surface area (Å²) in [6.07, 6.45) is 7.81. The monoisotopic (exact) mass is 214 g/mol. The van der Waals surface area contributed by atoms with Crippen LogP contribution in [-0.4, -0.2) is 49.3 Å². The molecule has 0 aromatic carbocycles. The Balaban J connectivity index is 2.11. The lowest BCUT2D eigenvalue weighted by molar-refractivity contribution is 0.130. The molecule has 1 atom stereocenters. The average Bonchev–Trinajstić information content (AvgIpc) is 2.41. The third kappa shape index (κ3) is 6.13. The normalized spacial score (nSPS) is 21.6. The van der Waals surface area contributed by atoms with Gasteiger partial charge in [-0.15, -0.1) is 0 Å². The second kappa shape index (κ2) is 7.20. The number of hydrogen-bond donors (Lipinski definition) is 2. The maximum atomic E-state index is 9.72. The third-order valence-electron chi connectivity index (χ3n) is 3.07. The van der Waals surface area contributed by atoms with Crippen LogP contribution in [-0.2, 0) is 0 Å². The van der Waals surface area contributed by atoms with Crippen molar-refractivity contribution in [2.45, 2.75) is 50.7 Å². The average molecular weight is 214 g/mol. The van der Waals surface area contributed by atoms with Crippen molar-refractivity contribution in [2.75, 3.05) is 27.2 Å². The molecule has 15 heavy (non-hydrogen) atoms. The molecule has 1 saturated carbocycles. The van der Waals surface area contributed by atoms with Crippen molar-refractivity contribution in [1.82, 2.24) is 10.2 Å². The van der Waals surface area contributed by atoms with Crippen molar-refractivity contribution in [3.63, 3.8) is 0 Å². The van der Waals surface area contributed by atoms with Crippen LogP contribution in [0.1, 0.15) is 38.5 Å². The first-order chi connectivity index (χ1) is 7.18. The SMILES string of the molecule is CN(C)CC(O)CNC1CCCCCC1. The quantitative estimate of drug-likeness (QED) is 0.676. The summed E-state index contributed by atoms with van der Waals surface area (Å²) in [6.45, 7) is 1.49. The maximum Gasteiger partial charge on any atom is 0.0791 e. The number of hydrogen-bond acceptors (Lipinski definition) is 3. The molecule has 0 aromatic heterocycles. The highest BCUT2D eigenvalue weighted by Gasteiger charge is 2.13. The van der Waals surface area contributed by atoms with Gasteiger partial charge in [0, 0.05) is 19.1 Å². The maximum absolute atomic E-state index is 9.72. The molecule has 2 N–H and O–H groups in total. The van der Waals surface area contributed by atoms with Gasteiger partial charge in [-0.1, -0.05) is 25.7 Å². The van der Waals surface area contributed by atoms with Crippen LogP contribution in [0, 0.1) is 0 Å². The molecule has 3 heteroatoms. The minimum Gasteiger partial charge on any atom is -0.390 e. The topological polar surface area (TPSA) is 35.5 Å². The van der Waals surface area contributed by atoms with E-state index in [0.717, 1.165) is 13.1 Å². The molecule has 3 nitrogen and oxygen atoms in total. The largest absolute Gasteiger partial charge is 0.390 e. The molecule has 0 heterocycles. The number of nitrogens with one attached hydrogen (secondary N) is 1. The molecule has 1 unspecified atom stereocenters. The van der Waals surface area contributed by atoms with Gasteiger partial charge >= 0.3 is 0 Å². The molecule has 0 bridgehead atoms. The summed E-state index contributed by atoms with van der Waals surface area (Å²) in [7, 11) is 3.99. The van der Waals surface area contributed by atoms with E-state index < -0.39 is 0 Å². The Morgan fingerprint density at radius 1 is 1.20 bits per heavy atom. The Bertz CT molecular complexity index is 154. The fourth-order valence-electron chi connectivity index (χ4n) is 2.27. The Hall–Kier alpha value is -0.120. The van der Waals surface area contributed by atoms with Crippen molar-refractivity contribution < 1.29 is 5.11 Å². The van der Waals surface area contributed by atoms with Gasteiger partial charge in [0.1, 0.15) is 0 Å². The zero-order chi connectivity index (χ0) is 11.1. The van der Waals surface area contributed by atoms with Crippen LogP contribution in [0.2, 0.25) is 0 Å². The van der Waals surface area contributed by atoms with E-state index in [9.17, 15) is 5.11 Å². The molecule has 1 fully saturated rings. The smallest absolute Gasteiger partial charge is 0.0791 e. The minimum absolute atomic E-state index is 0.233. The van der Waals surface area contributed by atoms with E-state index in [-0.39, 0.29) is 6.10 Å². The lowest BCUT2D eigenvalue weighted by atomic mass is 10.1. The van der Waals surface area contributed by atoms with Crippen LogP contribution < -0.4 is 5.32 Å². The number of nitrogens with zero attached hydrogens (tertiary/aromatic N) is 1. The van der Waals surface area contributed by atoms with Gasteiger partial charge in [-0.2, -0.15) is 0 Å². The molecule has 0 radical (unpaired) electrons. The van der Waals surface area contributed by atoms with Crippen LogP contribution >= 0.6 is 0 Å². The van der Waals surface area contributed by atoms with E-state index in [1.165, 1.54) is 38.5 Å². The number of rotatable bonds is 5. The van der Waals surface area contributed by atoms with Crippen LogP contribution in [0.5, 0.6) is 0 Å². The standard InChI is InChI=1S/C12H26N2O/c1-14(2)10-12(15)9-13-11-7-5-3-4-6-8-11/h11-13,15H,3-10H2,1-2H3. The Morgan fingerprint density at radius 3 is 2.33 bits per heavy atom. The van der Waals surface area contributed by atoms with Gasteiger partial charge in [0.2, 0.25) is 0 Å². The molecule has 90 valence electrons. The zero-order valence-corrected chi connectivity index (χ0v) is 10.2. The molecule has 0 saturated heterocycles. The summed E-state index contributed by atoms with van der Waals surface area (Å²) < 4.78 is 0. The van der Waals surface area contributed by atoms with Crippen LogP contribution in [0.25, 0.3) is 0 Å². The van der Waals surface area contributed by atoms with Gasteiger partial charge in [0.15, 0.2) is 0 Å². The van der Waals surface area contributed by atoms with Gasteiger partial charge in [0.05, 0.1) is 6.10 Å². The van der Waals surface area contributed by atoms with E-state index >= 15 is 0 Å². The highest BCUT2D eigenvalue weighted by molar-refractivity contribution is 4.73. The van der Waals surface area contributed by atoms with Gasteiger partial charge in [-0.25, -0.2) is 0 Å². The summed E-state index contributed by atoms with van der Waals surface area (Å²) in [5.41, 5.74) is 0. The minimum atomic E-state index is -0.233. The van der Waals surface area contributed by atoms with Crippen molar-refractivity contribution in [3.05, 3.63) is 0 Å². The van der Waals surface area contributed by atoms with Crippen LogP contribution in [0.15, 0.2) is 0 Å². The summed E-state index contributed by atoms with van der Waals surface area (Å²) >= 11 is 0. The first-order valence-electron chi connectivity index (χ1n) is 6.24. The highest BCUT2D eigenvalue weighted by Crippen LogP contribution is 2.16. The Labute approximate surface area is 93.9 Å². The fourth-order valence-corrected chi connectivity index (χ4v) is 2.27. The van der Waals surface area contributed by atoms with Crippen LogP contribution in [0.3, 0.4) is 0 Å². The summed E-state index contributed by atoms with van der Waals surface area (Å²) in [5.74, 6) is 0. The van der Waals surface area contributed by atoms with Crippen LogP contribution in [0.4, 0.5) is 0 Å². The van der Waals surface area contributed by atoms with E-state index in [4.69, 9.17) is 0 Å². The van der Waals surface area contributed by atoms with E-state index in [1.54, 1.807) is 0 Å². The predicted molar refractivity (Wildman–Crippen MR) is 64.1 cm³/mol. The van der Waals surface area contributed by atoms with E-state index in [0.29, 0.717) is 6.04 Å². The molecule has 0 aromatic rings. The first-order valence-corrected chi connectivity index (χ1v) is 6.24. The predicted octanol–water partition coefficient (Wildman–Crippen LogP) is 1.22. The molecule has 1 rings (SSSR count). The van der Waals surface area contributed by atoms with E-state index in [2.05, 4.69) is 5.32 Å².